The monoisotopic (exact) mass is 1360 g/mol. The molecule has 0 bridgehead atoms. The van der Waals surface area contributed by atoms with Crippen LogP contribution in [0.3, 0.4) is 0 Å². The number of unbranched alkanes of at least 4 members (excludes halogenated alkanes) is 1. The number of nitrogens with two attached hydrogens (primary N) is 4. The Morgan fingerprint density at radius 1 is 0.646 bits per heavy atom. The van der Waals surface area contributed by atoms with Crippen LogP contribution in [0.5, 0.6) is 5.75 Å². The molecule has 0 aliphatic carbocycles. The molecule has 0 fully saturated rings. The molecule has 8 amide bonds. The number of hydrogen-bond acceptors (Lipinski definition) is 17. The van der Waals surface area contributed by atoms with Crippen LogP contribution in [-0.4, -0.2) is 159 Å². The summed E-state index contributed by atoms with van der Waals surface area (Å²) < 4.78 is 21.2. The first kappa shape index (κ1) is 81.6. The quantitative estimate of drug-likeness (QED) is 0.0278. The fourth-order valence-electron chi connectivity index (χ4n) is 10.7. The van der Waals surface area contributed by atoms with Crippen LogP contribution in [0.4, 0.5) is 4.39 Å². The number of aliphatic carboxylic acids is 1. The van der Waals surface area contributed by atoms with Gasteiger partial charge >= 0.3 is 5.97 Å². The second-order valence-corrected chi connectivity index (χ2v) is 24.3. The van der Waals surface area contributed by atoms with E-state index >= 15 is 4.39 Å². The highest BCUT2D eigenvalue weighted by atomic mass is 32.1. The first-order chi connectivity index (χ1) is 44.9. The van der Waals surface area contributed by atoms with Crippen LogP contribution >= 0.6 is 13.5 Å². The van der Waals surface area contributed by atoms with E-state index < -0.39 is 169 Å². The van der Waals surface area contributed by atoms with Crippen molar-refractivity contribution in [3.63, 3.8) is 0 Å². The summed E-state index contributed by atoms with van der Waals surface area (Å²) in [6.07, 6.45) is -4.09. The number of halogens is 1. The Labute approximate surface area is 565 Å². The van der Waals surface area contributed by atoms with Gasteiger partial charge in [-0.05, 0) is 137 Å². The van der Waals surface area contributed by atoms with Crippen LogP contribution in [0.2, 0.25) is 0 Å². The molecule has 4 aromatic carbocycles. The molecule has 0 spiro atoms. The topological polar surface area (TPSA) is 454 Å². The second kappa shape index (κ2) is 40.0. The molecule has 0 aliphatic heterocycles. The smallest absolute Gasteiger partial charge is 0.305 e. The molecule has 526 valence electrons. The lowest BCUT2D eigenvalue weighted by molar-refractivity contribution is -0.142. The molecule has 4 rings (SSSR count). The fourth-order valence-corrected chi connectivity index (χ4v) is 10.7. The van der Waals surface area contributed by atoms with Crippen LogP contribution < -0.4 is 59.6 Å². The van der Waals surface area contributed by atoms with Crippen molar-refractivity contribution in [2.75, 3.05) is 19.8 Å². The van der Waals surface area contributed by atoms with E-state index in [4.69, 9.17) is 27.7 Å². The lowest BCUT2D eigenvalue weighted by Gasteiger charge is -2.33. The molecular weight excluding hydrogens is 1260 g/mol. The standard InChI is InChI=1S/C68H93FN10O16.H2S/c1-7-44-33-47(95-28-11-10-27-70)21-22-48(44)45-19-17-42(18-20-45)32-52(63(90)74-51(62(73)89)16-12-13-43-30-38(2)29-39(3)31-43)75-64(91)53(34-59(87)88)76-65(92)54(37-80)77-66(93)61(41(5)82)79-67(94)68(6,35-46-14-8-9-15-49(46)69)36-56(84)60(40(4)81)78-58(86)26-24-55(83)50(71)23-25-57(72)85;/h8-9,14-15,17-22,29-31,33,40-41,50-54,60-61,80-82H,7,10-13,16,23-28,32,34-37,70-71H2,1-6H3,(H2,72,85)(H2,73,89)(H,74,90)(H,75,91)(H,76,92)(H,77,93)(H,78,86)(H,79,94)(H,87,88);1H2/t40-,41-,50+,51+,52+,53+,54+,60+,61+,68-;/m1./s1. The Balaban J connectivity index is 0.0000240. The predicted octanol–water partition coefficient (Wildman–Crippen LogP) is 1.24. The van der Waals surface area contributed by atoms with E-state index in [0.717, 1.165) is 66.1 Å². The number of Topliss-reactive ketones (excluding diaryl/α,β-unsaturated/α-hetero) is 2. The average molecular weight is 1360 g/mol. The minimum absolute atomic E-state index is 0. The Kier molecular flexibility index (Phi) is 34.0. The van der Waals surface area contributed by atoms with E-state index in [1.165, 1.54) is 25.1 Å². The molecule has 0 saturated carbocycles. The SMILES string of the molecule is CCc1cc(OCCCCN)ccc1-c1ccc(C[C@H](NC(=O)[C@H](CC(=O)O)NC(=O)[C@H](CO)NC(=O)[C@@H](NC(=O)[C@@](C)(CC(=O)[C@@H](NC(=O)CCC(=O)[C@@H](N)CCC(N)=O)[C@@H](C)O)Cc2ccccc2F)[C@@H](C)O)C(=O)N[C@@H](CCCc2cc(C)cc(C)c2)C(N)=O)cc1.S. The molecule has 0 unspecified atom stereocenters. The van der Waals surface area contributed by atoms with Gasteiger partial charge in [0.15, 0.2) is 5.78 Å². The molecule has 0 saturated heterocycles. The summed E-state index contributed by atoms with van der Waals surface area (Å²) in [5.74, 6) is -11.8. The van der Waals surface area contributed by atoms with Gasteiger partial charge in [-0.25, -0.2) is 4.39 Å². The maximum atomic E-state index is 15.3. The molecule has 28 heteroatoms. The number of rotatable bonds is 42. The van der Waals surface area contributed by atoms with Crippen LogP contribution in [0, 0.1) is 25.1 Å². The largest absolute Gasteiger partial charge is 0.494 e. The third kappa shape index (κ3) is 26.5. The lowest BCUT2D eigenvalue weighted by Crippen LogP contribution is -2.62. The number of carboxylic acid groups (broad SMARTS) is 1. The first-order valence-corrected chi connectivity index (χ1v) is 31.6. The molecule has 4 aromatic rings. The van der Waals surface area contributed by atoms with Gasteiger partial charge in [0.25, 0.3) is 0 Å². The first-order valence-electron chi connectivity index (χ1n) is 31.6. The third-order valence-electron chi connectivity index (χ3n) is 16.0. The van der Waals surface area contributed by atoms with Gasteiger partial charge in [0.1, 0.15) is 53.6 Å². The van der Waals surface area contributed by atoms with Gasteiger partial charge in [0.2, 0.25) is 47.3 Å². The van der Waals surface area contributed by atoms with E-state index in [2.05, 4.69) is 31.9 Å². The Morgan fingerprint density at radius 2 is 1.25 bits per heavy atom. The summed E-state index contributed by atoms with van der Waals surface area (Å²) >= 11 is 0. The van der Waals surface area contributed by atoms with Gasteiger partial charge in [0.05, 0.1) is 43.3 Å². The summed E-state index contributed by atoms with van der Waals surface area (Å²) in [7, 11) is 0. The zero-order valence-corrected chi connectivity index (χ0v) is 56.2. The zero-order chi connectivity index (χ0) is 70.7. The van der Waals surface area contributed by atoms with Gasteiger partial charge in [-0.15, -0.1) is 0 Å². The van der Waals surface area contributed by atoms with Gasteiger partial charge < -0.3 is 80.0 Å². The molecule has 18 N–H and O–H groups in total. The number of amides is 8. The van der Waals surface area contributed by atoms with Crippen molar-refractivity contribution < 1.29 is 82.3 Å². The summed E-state index contributed by atoms with van der Waals surface area (Å²) in [6, 6.07) is 12.3. The number of carbonyl (C=O) groups is 11. The van der Waals surface area contributed by atoms with Crippen molar-refractivity contribution >= 4 is 78.3 Å². The predicted molar refractivity (Wildman–Crippen MR) is 360 cm³/mol. The number of nitrogens with one attached hydrogen (secondary N) is 6. The van der Waals surface area contributed by atoms with Crippen molar-refractivity contribution in [3.05, 3.63) is 124 Å². The Hall–Kier alpha value is -8.67. The molecule has 0 aromatic heterocycles. The molecule has 26 nitrogen and oxygen atoms in total. The van der Waals surface area contributed by atoms with E-state index in [1.54, 1.807) is 12.1 Å². The highest BCUT2D eigenvalue weighted by molar-refractivity contribution is 7.59. The van der Waals surface area contributed by atoms with E-state index in [9.17, 15) is 73.2 Å². The van der Waals surface area contributed by atoms with Crippen LogP contribution in [0.25, 0.3) is 11.1 Å². The maximum Gasteiger partial charge on any atom is 0.305 e. The second-order valence-electron chi connectivity index (χ2n) is 24.3. The summed E-state index contributed by atoms with van der Waals surface area (Å²) in [5, 5.41) is 56.4. The van der Waals surface area contributed by atoms with E-state index in [0.29, 0.717) is 43.7 Å². The average Bonchev–Trinajstić information content (AvgIpc) is 0.817. The molecule has 96 heavy (non-hydrogen) atoms. The third-order valence-corrected chi connectivity index (χ3v) is 16.0. The number of carboxylic acids is 1. The molecule has 0 heterocycles. The molecular formula is C68H95FN10O16S. The van der Waals surface area contributed by atoms with Crippen molar-refractivity contribution in [2.45, 2.75) is 186 Å². The minimum Gasteiger partial charge on any atom is -0.494 e. The van der Waals surface area contributed by atoms with Gasteiger partial charge in [-0.3, -0.25) is 52.7 Å². The number of hydrogen-bond donors (Lipinski definition) is 14. The van der Waals surface area contributed by atoms with Crippen LogP contribution in [-0.2, 0) is 78.4 Å². The number of carbonyl (C=O) groups excluding carboxylic acids is 10. The number of ether oxygens (including phenoxy) is 1. The highest BCUT2D eigenvalue weighted by Crippen LogP contribution is 2.32. The number of aliphatic hydroxyl groups excluding tert-OH is 3. The van der Waals surface area contributed by atoms with Crippen LogP contribution in [0.1, 0.15) is 125 Å². The Morgan fingerprint density at radius 3 is 1.83 bits per heavy atom. The number of benzene rings is 4. The zero-order valence-electron chi connectivity index (χ0n) is 55.2. The number of primary amides is 2. The lowest BCUT2D eigenvalue weighted by atomic mass is 9.76. The highest BCUT2D eigenvalue weighted by Gasteiger charge is 2.43. The van der Waals surface area contributed by atoms with Crippen LogP contribution in [0.15, 0.2) is 84.9 Å². The van der Waals surface area contributed by atoms with Gasteiger partial charge in [0, 0.05) is 32.1 Å². The number of aryl methyl sites for hydroxylation is 4. The van der Waals surface area contributed by atoms with Crippen molar-refractivity contribution in [1.82, 2.24) is 31.9 Å². The number of aliphatic hydroxyl groups is 3. The van der Waals surface area contributed by atoms with E-state index in [1.807, 2.05) is 69.3 Å². The fraction of sp³-hybridized carbons (Fsp3) is 0.485. The molecule has 10 atom stereocenters. The van der Waals surface area contributed by atoms with Gasteiger partial charge in [-0.1, -0.05) is 91.7 Å². The minimum atomic E-state index is -2.06. The normalized spacial score (nSPS) is 14.5. The molecule has 0 radical (unpaired) electrons. The molecule has 0 aliphatic rings. The number of ketones is 2. The van der Waals surface area contributed by atoms with Crippen molar-refractivity contribution in [1.29, 1.82) is 0 Å². The van der Waals surface area contributed by atoms with E-state index in [-0.39, 0.29) is 44.7 Å². The summed E-state index contributed by atoms with van der Waals surface area (Å²) in [5.41, 5.74) is 26.5. The summed E-state index contributed by atoms with van der Waals surface area (Å²) in [4.78, 5) is 148. The van der Waals surface area contributed by atoms with Gasteiger partial charge in [-0.2, -0.15) is 13.5 Å². The summed E-state index contributed by atoms with van der Waals surface area (Å²) in [6.45, 7) is 9.14. The van der Waals surface area contributed by atoms with Crippen molar-refractivity contribution in [2.24, 2.45) is 28.3 Å². The Bertz CT molecular complexity index is 3320. The van der Waals surface area contributed by atoms with Crippen molar-refractivity contribution in [3.8, 4) is 16.9 Å². The maximum absolute atomic E-state index is 15.3.